The highest BCUT2D eigenvalue weighted by atomic mass is 32.1. The number of aromatic nitrogens is 1. The van der Waals surface area contributed by atoms with Crippen LogP contribution in [0.3, 0.4) is 0 Å². The van der Waals surface area contributed by atoms with Gasteiger partial charge in [0.25, 0.3) is 0 Å². The Labute approximate surface area is 93.1 Å². The van der Waals surface area contributed by atoms with Crippen LogP contribution in [0.1, 0.15) is 11.4 Å². The Morgan fingerprint density at radius 2 is 2.60 bits per heavy atom. The van der Waals surface area contributed by atoms with Crippen LogP contribution in [-0.4, -0.2) is 28.9 Å². The fraction of sp³-hybridized carbons (Fsp3) is 0.455. The molecular weight excluding hydrogens is 208 g/mol. The van der Waals surface area contributed by atoms with E-state index in [9.17, 15) is 4.79 Å². The number of hydrogen-bond acceptors (Lipinski definition) is 3. The lowest BCUT2D eigenvalue weighted by molar-refractivity contribution is -0.127. The summed E-state index contributed by atoms with van der Waals surface area (Å²) in [7, 11) is 0. The molecule has 0 bridgehead atoms. The van der Waals surface area contributed by atoms with Gasteiger partial charge < -0.3 is 4.90 Å². The Morgan fingerprint density at radius 1 is 1.73 bits per heavy atom. The smallest absolute Gasteiger partial charge is 0.223 e. The van der Waals surface area contributed by atoms with Crippen LogP contribution in [0.15, 0.2) is 11.6 Å². The molecule has 2 heterocycles. The van der Waals surface area contributed by atoms with Gasteiger partial charge in [0.2, 0.25) is 5.91 Å². The van der Waals surface area contributed by atoms with E-state index in [0.717, 1.165) is 18.0 Å². The number of rotatable bonds is 3. The summed E-state index contributed by atoms with van der Waals surface area (Å²) in [6.45, 7) is 1.45. The second kappa shape index (κ2) is 4.45. The summed E-state index contributed by atoms with van der Waals surface area (Å²) in [5, 5.41) is 3.03. The van der Waals surface area contributed by atoms with E-state index in [1.165, 1.54) is 0 Å². The maximum absolute atomic E-state index is 11.5. The number of carbonyl (C=O) groups is 1. The van der Waals surface area contributed by atoms with Crippen molar-refractivity contribution >= 4 is 17.2 Å². The van der Waals surface area contributed by atoms with E-state index in [-0.39, 0.29) is 11.8 Å². The molecule has 1 atom stereocenters. The van der Waals surface area contributed by atoms with Gasteiger partial charge in [-0.25, -0.2) is 4.98 Å². The first-order valence-electron chi connectivity index (χ1n) is 4.92. The fourth-order valence-corrected chi connectivity index (χ4v) is 2.32. The van der Waals surface area contributed by atoms with Crippen molar-refractivity contribution in [3.63, 3.8) is 0 Å². The van der Waals surface area contributed by atoms with E-state index in [1.54, 1.807) is 17.5 Å². The van der Waals surface area contributed by atoms with Crippen molar-refractivity contribution in [1.29, 1.82) is 0 Å². The van der Waals surface area contributed by atoms with Crippen molar-refractivity contribution in [3.05, 3.63) is 16.6 Å². The van der Waals surface area contributed by atoms with Gasteiger partial charge in [-0.15, -0.1) is 23.7 Å². The highest BCUT2D eigenvalue weighted by Gasteiger charge is 2.27. The van der Waals surface area contributed by atoms with Crippen LogP contribution in [-0.2, 0) is 11.2 Å². The van der Waals surface area contributed by atoms with Gasteiger partial charge in [0.05, 0.1) is 5.01 Å². The van der Waals surface area contributed by atoms with E-state index in [0.29, 0.717) is 13.0 Å². The molecule has 2 rings (SSSR count). The lowest BCUT2D eigenvalue weighted by atomic mass is 10.1. The van der Waals surface area contributed by atoms with Crippen LogP contribution < -0.4 is 0 Å². The molecule has 78 valence electrons. The molecule has 1 aromatic heterocycles. The number of thiazole rings is 1. The second-order valence-corrected chi connectivity index (χ2v) is 4.56. The minimum atomic E-state index is 0.105. The summed E-state index contributed by atoms with van der Waals surface area (Å²) >= 11 is 1.62. The minimum Gasteiger partial charge on any atom is -0.341 e. The summed E-state index contributed by atoms with van der Waals surface area (Å²) in [4.78, 5) is 17.5. The Bertz CT molecular complexity index is 380. The molecule has 3 nitrogen and oxygen atoms in total. The summed E-state index contributed by atoms with van der Waals surface area (Å²) in [6.07, 6.45) is 8.44. The molecular formula is C11H12N2OS. The fourth-order valence-electron chi connectivity index (χ4n) is 1.71. The van der Waals surface area contributed by atoms with E-state index in [2.05, 4.69) is 10.9 Å². The molecule has 1 aliphatic rings. The van der Waals surface area contributed by atoms with Gasteiger partial charge >= 0.3 is 0 Å². The number of nitrogens with zero attached hydrogens (tertiary/aromatic N) is 2. The normalized spacial score (nSPS) is 20.6. The molecule has 1 fully saturated rings. The third-order valence-corrected chi connectivity index (χ3v) is 3.37. The summed E-state index contributed by atoms with van der Waals surface area (Å²) in [6, 6.07) is 0. The number of terminal acetylenes is 1. The maximum atomic E-state index is 11.5. The predicted octanol–water partition coefficient (Wildman–Crippen LogP) is 1.17. The Kier molecular flexibility index (Phi) is 3.02. The quantitative estimate of drug-likeness (QED) is 0.716. The number of hydrogen-bond donors (Lipinski definition) is 0. The maximum Gasteiger partial charge on any atom is 0.223 e. The van der Waals surface area contributed by atoms with Gasteiger partial charge in [0.1, 0.15) is 0 Å². The average Bonchev–Trinajstić information content (AvgIpc) is 2.84. The Balaban J connectivity index is 1.86. The molecule has 1 aromatic rings. The first kappa shape index (κ1) is 10.2. The third kappa shape index (κ3) is 2.37. The standard InChI is InChI=1S/C11H12N2OS/c1-2-9-7-11(14)13(8-9)5-3-10-12-4-6-15-10/h1,4,6,9H,3,5,7-8H2. The van der Waals surface area contributed by atoms with Crippen molar-refractivity contribution in [3.8, 4) is 12.3 Å². The lowest BCUT2D eigenvalue weighted by Gasteiger charge is -2.14. The van der Waals surface area contributed by atoms with Gasteiger partial charge in [-0.2, -0.15) is 0 Å². The van der Waals surface area contributed by atoms with Crippen LogP contribution >= 0.6 is 11.3 Å². The molecule has 4 heteroatoms. The van der Waals surface area contributed by atoms with Crippen molar-refractivity contribution in [2.75, 3.05) is 13.1 Å². The number of likely N-dealkylation sites (tertiary alicyclic amines) is 1. The van der Waals surface area contributed by atoms with Crippen molar-refractivity contribution < 1.29 is 4.79 Å². The second-order valence-electron chi connectivity index (χ2n) is 3.58. The molecule has 1 saturated heterocycles. The van der Waals surface area contributed by atoms with E-state index in [4.69, 9.17) is 6.42 Å². The molecule has 1 aliphatic heterocycles. The van der Waals surface area contributed by atoms with Gasteiger partial charge in [0.15, 0.2) is 0 Å². The van der Waals surface area contributed by atoms with E-state index < -0.39 is 0 Å². The summed E-state index contributed by atoms with van der Waals surface area (Å²) in [5.74, 6) is 2.92. The van der Waals surface area contributed by atoms with E-state index in [1.807, 2.05) is 10.3 Å². The topological polar surface area (TPSA) is 33.2 Å². The largest absolute Gasteiger partial charge is 0.341 e. The first-order chi connectivity index (χ1) is 7.29. The van der Waals surface area contributed by atoms with Gasteiger partial charge in [-0.3, -0.25) is 4.79 Å². The van der Waals surface area contributed by atoms with Crippen molar-refractivity contribution in [2.45, 2.75) is 12.8 Å². The van der Waals surface area contributed by atoms with Crippen molar-refractivity contribution in [2.24, 2.45) is 5.92 Å². The minimum absolute atomic E-state index is 0.105. The van der Waals surface area contributed by atoms with Crippen LogP contribution in [0, 0.1) is 18.3 Å². The van der Waals surface area contributed by atoms with Crippen LogP contribution in [0.4, 0.5) is 0 Å². The lowest BCUT2D eigenvalue weighted by Crippen LogP contribution is -2.27. The molecule has 0 aliphatic carbocycles. The number of carbonyl (C=O) groups excluding carboxylic acids is 1. The Hall–Kier alpha value is -1.34. The predicted molar refractivity (Wildman–Crippen MR) is 59.3 cm³/mol. The van der Waals surface area contributed by atoms with E-state index >= 15 is 0 Å². The third-order valence-electron chi connectivity index (χ3n) is 2.53. The summed E-state index contributed by atoms with van der Waals surface area (Å²) < 4.78 is 0. The SMILES string of the molecule is C#CC1CC(=O)N(CCc2nccs2)C1. The molecule has 0 aromatic carbocycles. The molecule has 1 amide bonds. The van der Waals surface area contributed by atoms with Gasteiger partial charge in [-0.1, -0.05) is 0 Å². The average molecular weight is 220 g/mol. The Morgan fingerprint density at radius 3 is 3.20 bits per heavy atom. The molecule has 0 saturated carbocycles. The molecule has 0 radical (unpaired) electrons. The molecule has 15 heavy (non-hydrogen) atoms. The first-order valence-corrected chi connectivity index (χ1v) is 5.80. The highest BCUT2D eigenvalue weighted by molar-refractivity contribution is 7.09. The van der Waals surface area contributed by atoms with Crippen molar-refractivity contribution in [1.82, 2.24) is 9.88 Å². The highest BCUT2D eigenvalue weighted by Crippen LogP contribution is 2.17. The van der Waals surface area contributed by atoms with Crippen LogP contribution in [0.25, 0.3) is 0 Å². The summed E-state index contributed by atoms with van der Waals surface area (Å²) in [5.41, 5.74) is 0. The zero-order valence-corrected chi connectivity index (χ0v) is 9.17. The van der Waals surface area contributed by atoms with Gasteiger partial charge in [-0.05, 0) is 0 Å². The van der Waals surface area contributed by atoms with Crippen LogP contribution in [0.5, 0.6) is 0 Å². The van der Waals surface area contributed by atoms with Gasteiger partial charge in [0, 0.05) is 43.4 Å². The number of amides is 1. The molecule has 0 spiro atoms. The zero-order valence-electron chi connectivity index (χ0n) is 8.35. The zero-order chi connectivity index (χ0) is 10.7. The van der Waals surface area contributed by atoms with Crippen LogP contribution in [0.2, 0.25) is 0 Å². The molecule has 1 unspecified atom stereocenters. The molecule has 0 N–H and O–H groups in total. The monoisotopic (exact) mass is 220 g/mol.